The van der Waals surface area contributed by atoms with E-state index in [1.807, 2.05) is 0 Å². The number of hydrogen-bond acceptors (Lipinski definition) is 4. The van der Waals surface area contributed by atoms with Crippen LogP contribution < -0.4 is 0 Å². The standard InChI is InChI=1S/C8H12O4.C8H10O4/c2*9-7(10)5-2-1-3-6(4-5)8(11)12/h5-6H,1-4H2,(H,9,10)(H,11,12);1-2,5-6H,3-4H2,(H,9,10)(H,11,12). The van der Waals surface area contributed by atoms with E-state index in [2.05, 4.69) is 0 Å². The number of allylic oxidation sites excluding steroid dienone is 1. The first-order valence-corrected chi connectivity index (χ1v) is 7.80. The Hall–Kier alpha value is -2.38. The Morgan fingerprint density at radius 3 is 1.62 bits per heavy atom. The maximum absolute atomic E-state index is 10.5. The van der Waals surface area contributed by atoms with Gasteiger partial charge in [-0.2, -0.15) is 0 Å². The van der Waals surface area contributed by atoms with E-state index in [0.717, 1.165) is 0 Å². The van der Waals surface area contributed by atoms with Crippen LogP contribution in [0.15, 0.2) is 12.2 Å². The number of carboxylic acids is 4. The summed E-state index contributed by atoms with van der Waals surface area (Å²) in [6, 6.07) is 0. The molecule has 0 aromatic heterocycles. The van der Waals surface area contributed by atoms with Crippen LogP contribution in [0.1, 0.15) is 38.5 Å². The van der Waals surface area contributed by atoms with E-state index in [1.54, 1.807) is 12.2 Å². The molecule has 8 heteroatoms. The Labute approximate surface area is 138 Å². The molecule has 0 bridgehead atoms. The first-order chi connectivity index (χ1) is 11.2. The molecule has 8 nitrogen and oxygen atoms in total. The van der Waals surface area contributed by atoms with Gasteiger partial charge >= 0.3 is 23.9 Å². The summed E-state index contributed by atoms with van der Waals surface area (Å²) in [6.07, 6.45) is 6.10. The second-order valence-electron chi connectivity index (χ2n) is 6.12. The zero-order chi connectivity index (χ0) is 18.3. The minimum absolute atomic E-state index is 0.209. The van der Waals surface area contributed by atoms with Crippen LogP contribution in [0.5, 0.6) is 0 Å². The molecule has 4 unspecified atom stereocenters. The summed E-state index contributed by atoms with van der Waals surface area (Å²) in [5.41, 5.74) is 0. The molecular weight excluding hydrogens is 320 g/mol. The monoisotopic (exact) mass is 342 g/mol. The molecule has 0 spiro atoms. The van der Waals surface area contributed by atoms with Crippen LogP contribution in [0.4, 0.5) is 0 Å². The summed E-state index contributed by atoms with van der Waals surface area (Å²) in [6.45, 7) is 0. The van der Waals surface area contributed by atoms with Gasteiger partial charge < -0.3 is 20.4 Å². The topological polar surface area (TPSA) is 149 Å². The van der Waals surface area contributed by atoms with Crippen LogP contribution in [-0.2, 0) is 19.2 Å². The van der Waals surface area contributed by atoms with Crippen LogP contribution in [0.25, 0.3) is 0 Å². The number of aliphatic carboxylic acids is 4. The quantitative estimate of drug-likeness (QED) is 0.564. The summed E-state index contributed by atoms with van der Waals surface area (Å²) in [4.78, 5) is 42.0. The van der Waals surface area contributed by atoms with Crippen LogP contribution in [0.3, 0.4) is 0 Å². The Morgan fingerprint density at radius 1 is 0.708 bits per heavy atom. The molecule has 0 heterocycles. The molecular formula is C16H22O8. The molecule has 2 aliphatic carbocycles. The van der Waals surface area contributed by atoms with E-state index >= 15 is 0 Å². The summed E-state index contributed by atoms with van der Waals surface area (Å²) in [5, 5.41) is 34.5. The first kappa shape index (κ1) is 19.7. The van der Waals surface area contributed by atoms with E-state index < -0.39 is 47.5 Å². The van der Waals surface area contributed by atoms with E-state index in [0.29, 0.717) is 32.1 Å². The molecule has 0 amide bonds. The third-order valence-electron chi connectivity index (χ3n) is 4.37. The van der Waals surface area contributed by atoms with Crippen molar-refractivity contribution in [3.63, 3.8) is 0 Å². The van der Waals surface area contributed by atoms with Crippen LogP contribution in [-0.4, -0.2) is 44.3 Å². The van der Waals surface area contributed by atoms with Crippen molar-refractivity contribution in [3.05, 3.63) is 12.2 Å². The molecule has 0 radical (unpaired) electrons. The van der Waals surface area contributed by atoms with Crippen LogP contribution in [0.2, 0.25) is 0 Å². The highest BCUT2D eigenvalue weighted by molar-refractivity contribution is 5.76. The number of carboxylic acid groups (broad SMARTS) is 4. The number of hydrogen-bond donors (Lipinski definition) is 4. The van der Waals surface area contributed by atoms with Crippen molar-refractivity contribution in [1.29, 1.82) is 0 Å². The van der Waals surface area contributed by atoms with Crippen molar-refractivity contribution in [2.24, 2.45) is 23.7 Å². The normalized spacial score (nSPS) is 29.0. The van der Waals surface area contributed by atoms with Gasteiger partial charge in [0.15, 0.2) is 0 Å². The van der Waals surface area contributed by atoms with Gasteiger partial charge in [0.1, 0.15) is 0 Å². The molecule has 2 aliphatic rings. The third kappa shape index (κ3) is 6.02. The summed E-state index contributed by atoms with van der Waals surface area (Å²) in [7, 11) is 0. The van der Waals surface area contributed by atoms with Gasteiger partial charge in [-0.15, -0.1) is 0 Å². The lowest BCUT2D eigenvalue weighted by Gasteiger charge is -2.23. The second-order valence-corrected chi connectivity index (χ2v) is 6.12. The fourth-order valence-corrected chi connectivity index (χ4v) is 2.91. The first-order valence-electron chi connectivity index (χ1n) is 7.80. The van der Waals surface area contributed by atoms with Crippen molar-refractivity contribution < 1.29 is 39.6 Å². The van der Waals surface area contributed by atoms with Gasteiger partial charge in [0.25, 0.3) is 0 Å². The molecule has 0 saturated heterocycles. The van der Waals surface area contributed by atoms with Crippen molar-refractivity contribution in [2.75, 3.05) is 0 Å². The van der Waals surface area contributed by atoms with E-state index in [9.17, 15) is 19.2 Å². The SMILES string of the molecule is O=C(O)C1C=CCC(C(=O)O)C1.O=C(O)C1CCCC(C(=O)O)C1. The molecule has 0 aromatic rings. The van der Waals surface area contributed by atoms with Crippen molar-refractivity contribution >= 4 is 23.9 Å². The Balaban J connectivity index is 0.000000240. The van der Waals surface area contributed by atoms with Crippen LogP contribution in [0, 0.1) is 23.7 Å². The molecule has 24 heavy (non-hydrogen) atoms. The average molecular weight is 342 g/mol. The lowest BCUT2D eigenvalue weighted by molar-refractivity contribution is -0.148. The summed E-state index contributed by atoms with van der Waals surface area (Å²) >= 11 is 0. The third-order valence-corrected chi connectivity index (χ3v) is 4.37. The second kappa shape index (κ2) is 9.05. The molecule has 134 valence electrons. The van der Waals surface area contributed by atoms with E-state index in [-0.39, 0.29) is 6.42 Å². The Bertz CT molecular complexity index is 504. The zero-order valence-electron chi connectivity index (χ0n) is 13.1. The van der Waals surface area contributed by atoms with Gasteiger partial charge in [-0.3, -0.25) is 19.2 Å². The lowest BCUT2D eigenvalue weighted by atomic mass is 9.81. The van der Waals surface area contributed by atoms with Crippen LogP contribution >= 0.6 is 0 Å². The predicted octanol–water partition coefficient (Wildman–Crippen LogP) is 1.70. The van der Waals surface area contributed by atoms with Gasteiger partial charge in [0.05, 0.1) is 23.7 Å². The largest absolute Gasteiger partial charge is 0.481 e. The van der Waals surface area contributed by atoms with Crippen molar-refractivity contribution in [3.8, 4) is 0 Å². The Kier molecular flexibility index (Phi) is 7.41. The minimum Gasteiger partial charge on any atom is -0.481 e. The average Bonchev–Trinajstić information content (AvgIpc) is 2.55. The fraction of sp³-hybridized carbons (Fsp3) is 0.625. The van der Waals surface area contributed by atoms with Crippen molar-refractivity contribution in [2.45, 2.75) is 38.5 Å². The van der Waals surface area contributed by atoms with E-state index in [4.69, 9.17) is 20.4 Å². The molecule has 4 atom stereocenters. The Morgan fingerprint density at radius 2 is 1.21 bits per heavy atom. The summed E-state index contributed by atoms with van der Waals surface area (Å²) < 4.78 is 0. The highest BCUT2D eigenvalue weighted by atomic mass is 16.4. The molecule has 4 N–H and O–H groups in total. The smallest absolute Gasteiger partial charge is 0.310 e. The molecule has 1 fully saturated rings. The number of rotatable bonds is 4. The lowest BCUT2D eigenvalue weighted by Crippen LogP contribution is -2.26. The van der Waals surface area contributed by atoms with Gasteiger partial charge in [0, 0.05) is 0 Å². The van der Waals surface area contributed by atoms with Gasteiger partial charge in [-0.25, -0.2) is 0 Å². The van der Waals surface area contributed by atoms with Gasteiger partial charge in [-0.1, -0.05) is 18.6 Å². The molecule has 1 saturated carbocycles. The molecule has 0 aromatic carbocycles. The fourth-order valence-electron chi connectivity index (χ4n) is 2.91. The zero-order valence-corrected chi connectivity index (χ0v) is 13.1. The maximum Gasteiger partial charge on any atom is 0.310 e. The minimum atomic E-state index is -0.947. The van der Waals surface area contributed by atoms with Gasteiger partial charge in [-0.05, 0) is 32.1 Å². The maximum atomic E-state index is 10.5. The highest BCUT2D eigenvalue weighted by Gasteiger charge is 2.30. The highest BCUT2D eigenvalue weighted by Crippen LogP contribution is 2.29. The van der Waals surface area contributed by atoms with E-state index in [1.165, 1.54) is 0 Å². The van der Waals surface area contributed by atoms with Gasteiger partial charge in [0.2, 0.25) is 0 Å². The number of carbonyl (C=O) groups is 4. The molecule has 2 rings (SSSR count). The molecule has 0 aliphatic heterocycles. The van der Waals surface area contributed by atoms with Crippen molar-refractivity contribution in [1.82, 2.24) is 0 Å². The predicted molar refractivity (Wildman–Crippen MR) is 81.3 cm³/mol. The summed E-state index contributed by atoms with van der Waals surface area (Å²) in [5.74, 6) is -5.62.